The number of aliphatic imine (C=N–C) groups is 1. The van der Waals surface area contributed by atoms with E-state index in [4.69, 9.17) is 9.73 Å². The minimum absolute atomic E-state index is 0.173. The maximum Gasteiger partial charge on any atom is 0.194 e. The van der Waals surface area contributed by atoms with Gasteiger partial charge < -0.3 is 15.0 Å². The molecule has 1 aromatic carbocycles. The van der Waals surface area contributed by atoms with Gasteiger partial charge in [0.15, 0.2) is 15.8 Å². The average Bonchev–Trinajstić information content (AvgIpc) is 3.18. The summed E-state index contributed by atoms with van der Waals surface area (Å²) < 4.78 is 29.8. The Labute approximate surface area is 175 Å². The number of hydrogen-bond acceptors (Lipinski definition) is 4. The van der Waals surface area contributed by atoms with Crippen molar-refractivity contribution in [3.8, 4) is 5.75 Å². The van der Waals surface area contributed by atoms with E-state index < -0.39 is 14.6 Å². The maximum atomic E-state index is 12.3. The fourth-order valence-electron chi connectivity index (χ4n) is 3.97. The van der Waals surface area contributed by atoms with Gasteiger partial charge in [-0.3, -0.25) is 4.99 Å². The van der Waals surface area contributed by atoms with Gasteiger partial charge in [-0.05, 0) is 70.6 Å². The highest BCUT2D eigenvalue weighted by Crippen LogP contribution is 2.25. The Balaban J connectivity index is 1.56. The average molecular weight is 422 g/mol. The summed E-state index contributed by atoms with van der Waals surface area (Å²) in [6.07, 6.45) is 6.10. The van der Waals surface area contributed by atoms with Crippen LogP contribution in [0.15, 0.2) is 29.3 Å². The van der Waals surface area contributed by atoms with Crippen molar-refractivity contribution >= 4 is 15.8 Å². The van der Waals surface area contributed by atoms with Gasteiger partial charge in [0.05, 0.1) is 16.6 Å². The first-order chi connectivity index (χ1) is 13.8. The molecule has 0 radical (unpaired) electrons. The molecule has 1 aliphatic carbocycles. The van der Waals surface area contributed by atoms with E-state index in [-0.39, 0.29) is 5.75 Å². The molecule has 1 aromatic rings. The van der Waals surface area contributed by atoms with Gasteiger partial charge in [0, 0.05) is 26.2 Å². The molecule has 1 heterocycles. The van der Waals surface area contributed by atoms with Crippen LogP contribution in [0.5, 0.6) is 5.75 Å². The molecule has 2 fully saturated rings. The first kappa shape index (κ1) is 21.9. The van der Waals surface area contributed by atoms with Gasteiger partial charge in [0.1, 0.15) is 5.75 Å². The number of nitrogens with one attached hydrogen (secondary N) is 1. The number of guanidine groups is 1. The van der Waals surface area contributed by atoms with Crippen molar-refractivity contribution < 1.29 is 13.2 Å². The van der Waals surface area contributed by atoms with Crippen LogP contribution in [0.25, 0.3) is 0 Å². The molecule has 2 aliphatic rings. The minimum Gasteiger partial charge on any atom is -0.490 e. The lowest BCUT2D eigenvalue weighted by Gasteiger charge is -2.39. The SMILES string of the molecule is CCNC(=NCCc1ccc(OC2CCCC2)cc1)N1CCS(=O)(=O)C(C)(C)C1. The third kappa shape index (κ3) is 5.65. The lowest BCUT2D eigenvalue weighted by atomic mass is 10.1. The van der Waals surface area contributed by atoms with Gasteiger partial charge in [-0.25, -0.2) is 8.42 Å². The van der Waals surface area contributed by atoms with Crippen molar-refractivity contribution in [1.82, 2.24) is 10.2 Å². The predicted molar refractivity (Wildman–Crippen MR) is 118 cm³/mol. The van der Waals surface area contributed by atoms with Crippen LogP contribution in [0.3, 0.4) is 0 Å². The van der Waals surface area contributed by atoms with Crippen molar-refractivity contribution in [3.05, 3.63) is 29.8 Å². The molecule has 0 amide bonds. The summed E-state index contributed by atoms with van der Waals surface area (Å²) in [6.45, 7) is 8.01. The van der Waals surface area contributed by atoms with E-state index in [0.29, 0.717) is 25.7 Å². The summed E-state index contributed by atoms with van der Waals surface area (Å²) in [5.41, 5.74) is 1.23. The standard InChI is InChI=1S/C22H35N3O3S/c1-4-23-21(25-15-16-29(26,27)22(2,3)17-25)24-14-13-18-9-11-20(12-10-18)28-19-7-5-6-8-19/h9-12,19H,4-8,13-17H2,1-3H3,(H,23,24). The molecular formula is C22H35N3O3S. The van der Waals surface area contributed by atoms with E-state index in [2.05, 4.69) is 34.5 Å². The van der Waals surface area contributed by atoms with E-state index in [1.807, 2.05) is 6.92 Å². The third-order valence-corrected chi connectivity index (χ3v) is 8.40. The van der Waals surface area contributed by atoms with Crippen molar-refractivity contribution in [2.45, 2.75) is 63.7 Å². The minimum atomic E-state index is -3.06. The van der Waals surface area contributed by atoms with Gasteiger partial charge in [-0.2, -0.15) is 0 Å². The monoisotopic (exact) mass is 421 g/mol. The Kier molecular flexibility index (Phi) is 7.09. The molecule has 1 aliphatic heterocycles. The molecule has 1 saturated carbocycles. The van der Waals surface area contributed by atoms with Gasteiger partial charge in [0.2, 0.25) is 0 Å². The molecule has 1 saturated heterocycles. The predicted octanol–water partition coefficient (Wildman–Crippen LogP) is 3.03. The van der Waals surface area contributed by atoms with Crippen LogP contribution in [0.1, 0.15) is 52.0 Å². The maximum absolute atomic E-state index is 12.3. The topological polar surface area (TPSA) is 71.0 Å². The Hall–Kier alpha value is -1.76. The van der Waals surface area contributed by atoms with Gasteiger partial charge in [-0.1, -0.05) is 12.1 Å². The lowest BCUT2D eigenvalue weighted by Crippen LogP contribution is -2.57. The molecule has 0 atom stereocenters. The zero-order valence-corrected chi connectivity index (χ0v) is 18.8. The van der Waals surface area contributed by atoms with Crippen LogP contribution in [-0.4, -0.2) is 62.1 Å². The third-order valence-electron chi connectivity index (χ3n) is 5.87. The zero-order valence-electron chi connectivity index (χ0n) is 18.0. The van der Waals surface area contributed by atoms with E-state index in [0.717, 1.165) is 37.5 Å². The first-order valence-corrected chi connectivity index (χ1v) is 12.5. The fourth-order valence-corrected chi connectivity index (χ4v) is 5.34. The Morgan fingerprint density at radius 1 is 1.24 bits per heavy atom. The molecule has 3 rings (SSSR count). The lowest BCUT2D eigenvalue weighted by molar-refractivity contribution is 0.210. The van der Waals surface area contributed by atoms with Crippen molar-refractivity contribution in [2.75, 3.05) is 31.9 Å². The van der Waals surface area contributed by atoms with Gasteiger partial charge in [0.25, 0.3) is 0 Å². The van der Waals surface area contributed by atoms with Crippen molar-refractivity contribution in [2.24, 2.45) is 4.99 Å². The molecule has 162 valence electrons. The van der Waals surface area contributed by atoms with E-state index in [9.17, 15) is 8.42 Å². The van der Waals surface area contributed by atoms with Crippen LogP contribution >= 0.6 is 0 Å². The fraction of sp³-hybridized carbons (Fsp3) is 0.682. The molecule has 0 bridgehead atoms. The van der Waals surface area contributed by atoms with E-state index in [1.54, 1.807) is 13.8 Å². The number of rotatable bonds is 6. The number of benzene rings is 1. The summed E-state index contributed by atoms with van der Waals surface area (Å²) in [4.78, 5) is 6.83. The van der Waals surface area contributed by atoms with Crippen molar-refractivity contribution in [3.63, 3.8) is 0 Å². The van der Waals surface area contributed by atoms with Gasteiger partial charge in [-0.15, -0.1) is 0 Å². The number of nitrogens with zero attached hydrogens (tertiary/aromatic N) is 2. The molecule has 0 spiro atoms. The zero-order chi connectivity index (χ0) is 20.9. The molecule has 7 heteroatoms. The molecule has 6 nitrogen and oxygen atoms in total. The summed E-state index contributed by atoms with van der Waals surface area (Å²) in [7, 11) is -3.06. The van der Waals surface area contributed by atoms with Crippen LogP contribution in [0, 0.1) is 0 Å². The highest BCUT2D eigenvalue weighted by molar-refractivity contribution is 7.92. The van der Waals surface area contributed by atoms with Crippen LogP contribution in [-0.2, 0) is 16.3 Å². The second kappa shape index (κ2) is 9.37. The Morgan fingerprint density at radius 3 is 2.55 bits per heavy atom. The number of ether oxygens (including phenoxy) is 1. The van der Waals surface area contributed by atoms with Crippen LogP contribution < -0.4 is 10.1 Å². The summed E-state index contributed by atoms with van der Waals surface area (Å²) >= 11 is 0. The van der Waals surface area contributed by atoms with E-state index >= 15 is 0 Å². The Morgan fingerprint density at radius 2 is 1.93 bits per heavy atom. The summed E-state index contributed by atoms with van der Waals surface area (Å²) in [5, 5.41) is 3.31. The van der Waals surface area contributed by atoms with Crippen LogP contribution in [0.2, 0.25) is 0 Å². The quantitative estimate of drug-likeness (QED) is 0.565. The smallest absolute Gasteiger partial charge is 0.194 e. The summed E-state index contributed by atoms with van der Waals surface area (Å²) in [6, 6.07) is 8.34. The largest absolute Gasteiger partial charge is 0.490 e. The van der Waals surface area contributed by atoms with Gasteiger partial charge >= 0.3 is 0 Å². The second-order valence-electron chi connectivity index (χ2n) is 8.65. The highest BCUT2D eigenvalue weighted by atomic mass is 32.2. The highest BCUT2D eigenvalue weighted by Gasteiger charge is 2.40. The number of hydrogen-bond donors (Lipinski definition) is 1. The normalized spacial score (nSPS) is 21.9. The second-order valence-corrected chi connectivity index (χ2v) is 11.4. The van der Waals surface area contributed by atoms with Crippen LogP contribution in [0.4, 0.5) is 0 Å². The first-order valence-electron chi connectivity index (χ1n) is 10.8. The molecule has 0 aromatic heterocycles. The summed E-state index contributed by atoms with van der Waals surface area (Å²) in [5.74, 6) is 1.93. The molecule has 29 heavy (non-hydrogen) atoms. The van der Waals surface area contributed by atoms with Crippen molar-refractivity contribution in [1.29, 1.82) is 0 Å². The molecule has 1 N–H and O–H groups in total. The molecule has 0 unspecified atom stereocenters. The number of sulfone groups is 1. The molecular weight excluding hydrogens is 386 g/mol. The van der Waals surface area contributed by atoms with E-state index in [1.165, 1.54) is 18.4 Å². The Bertz CT molecular complexity index is 797.